The van der Waals surface area contributed by atoms with E-state index in [1.54, 1.807) is 23.5 Å². The van der Waals surface area contributed by atoms with Gasteiger partial charge in [0.15, 0.2) is 0 Å². The summed E-state index contributed by atoms with van der Waals surface area (Å²) in [6.45, 7) is 2.79. The van der Waals surface area contributed by atoms with E-state index in [0.717, 1.165) is 11.4 Å². The molecule has 0 saturated heterocycles. The first-order valence-corrected chi connectivity index (χ1v) is 6.70. The van der Waals surface area contributed by atoms with Crippen molar-refractivity contribution in [2.45, 2.75) is 13.0 Å². The normalized spacial score (nSPS) is 12.6. The van der Waals surface area contributed by atoms with Gasteiger partial charge in [-0.2, -0.15) is 0 Å². The standard InChI is InChI=1S/C13H13ClFNS/c1-2-16-13(12-4-3-7-17-12)10-6-5-9(14)8-11(10)15/h3-8,13,16H,2H2,1H3. The molecule has 0 spiro atoms. The van der Waals surface area contributed by atoms with Crippen LogP contribution in [0.25, 0.3) is 0 Å². The highest BCUT2D eigenvalue weighted by Gasteiger charge is 2.17. The van der Waals surface area contributed by atoms with Crippen LogP contribution in [0, 0.1) is 5.82 Å². The van der Waals surface area contributed by atoms with Crippen molar-refractivity contribution in [1.29, 1.82) is 0 Å². The summed E-state index contributed by atoms with van der Waals surface area (Å²) in [6, 6.07) is 8.69. The molecule has 1 N–H and O–H groups in total. The highest BCUT2D eigenvalue weighted by atomic mass is 35.5. The Morgan fingerprint density at radius 2 is 2.24 bits per heavy atom. The summed E-state index contributed by atoms with van der Waals surface area (Å²) in [5.74, 6) is -0.267. The van der Waals surface area contributed by atoms with Crippen molar-refractivity contribution in [3.63, 3.8) is 0 Å². The maximum absolute atomic E-state index is 13.9. The lowest BCUT2D eigenvalue weighted by Crippen LogP contribution is -2.22. The minimum Gasteiger partial charge on any atom is -0.306 e. The first-order chi connectivity index (χ1) is 8.22. The number of halogens is 2. The van der Waals surface area contributed by atoms with E-state index >= 15 is 0 Å². The Kier molecular flexibility index (Phi) is 4.15. The molecular weight excluding hydrogens is 257 g/mol. The Hall–Kier alpha value is -0.900. The van der Waals surface area contributed by atoms with E-state index in [1.807, 2.05) is 24.4 Å². The van der Waals surface area contributed by atoms with Gasteiger partial charge in [-0.05, 0) is 30.1 Å². The van der Waals surface area contributed by atoms with E-state index in [0.29, 0.717) is 10.6 Å². The number of nitrogens with one attached hydrogen (secondary N) is 1. The molecular formula is C13H13ClFNS. The molecule has 0 aliphatic heterocycles. The number of rotatable bonds is 4. The van der Waals surface area contributed by atoms with Gasteiger partial charge in [0.1, 0.15) is 5.82 Å². The van der Waals surface area contributed by atoms with Gasteiger partial charge in [0, 0.05) is 15.5 Å². The maximum Gasteiger partial charge on any atom is 0.129 e. The van der Waals surface area contributed by atoms with E-state index in [9.17, 15) is 4.39 Å². The van der Waals surface area contributed by atoms with Crippen LogP contribution in [0.15, 0.2) is 35.7 Å². The smallest absolute Gasteiger partial charge is 0.129 e. The Morgan fingerprint density at radius 1 is 1.41 bits per heavy atom. The van der Waals surface area contributed by atoms with E-state index < -0.39 is 0 Å². The van der Waals surface area contributed by atoms with Crippen LogP contribution in [-0.2, 0) is 0 Å². The van der Waals surface area contributed by atoms with Gasteiger partial charge in [-0.25, -0.2) is 4.39 Å². The minimum absolute atomic E-state index is 0.0998. The summed E-state index contributed by atoms with van der Waals surface area (Å²) in [5, 5.41) is 5.71. The van der Waals surface area contributed by atoms with Crippen LogP contribution >= 0.6 is 22.9 Å². The van der Waals surface area contributed by atoms with Gasteiger partial charge in [-0.1, -0.05) is 30.7 Å². The molecule has 17 heavy (non-hydrogen) atoms. The second-order valence-electron chi connectivity index (χ2n) is 3.67. The molecule has 2 aromatic rings. The molecule has 1 unspecified atom stereocenters. The van der Waals surface area contributed by atoms with E-state index in [2.05, 4.69) is 5.32 Å². The third kappa shape index (κ3) is 2.86. The summed E-state index contributed by atoms with van der Waals surface area (Å²) >= 11 is 7.38. The van der Waals surface area contributed by atoms with Gasteiger partial charge in [0.25, 0.3) is 0 Å². The average Bonchev–Trinajstić information content (AvgIpc) is 2.80. The molecule has 90 valence electrons. The number of hydrogen-bond acceptors (Lipinski definition) is 2. The van der Waals surface area contributed by atoms with E-state index in [-0.39, 0.29) is 11.9 Å². The molecule has 0 amide bonds. The highest BCUT2D eigenvalue weighted by Crippen LogP contribution is 2.29. The molecule has 1 heterocycles. The van der Waals surface area contributed by atoms with Crippen LogP contribution in [0.3, 0.4) is 0 Å². The van der Waals surface area contributed by atoms with Gasteiger partial charge in [0.05, 0.1) is 6.04 Å². The summed E-state index contributed by atoms with van der Waals surface area (Å²) in [5.41, 5.74) is 0.638. The van der Waals surface area contributed by atoms with Crippen LogP contribution < -0.4 is 5.32 Å². The van der Waals surface area contributed by atoms with Gasteiger partial charge < -0.3 is 5.32 Å². The number of benzene rings is 1. The summed E-state index contributed by atoms with van der Waals surface area (Å²) in [6.07, 6.45) is 0. The van der Waals surface area contributed by atoms with Crippen LogP contribution in [0.5, 0.6) is 0 Å². The lowest BCUT2D eigenvalue weighted by Gasteiger charge is -2.17. The molecule has 1 nitrogen and oxygen atoms in total. The zero-order chi connectivity index (χ0) is 12.3. The van der Waals surface area contributed by atoms with E-state index in [4.69, 9.17) is 11.6 Å². The van der Waals surface area contributed by atoms with Gasteiger partial charge >= 0.3 is 0 Å². The Morgan fingerprint density at radius 3 is 2.82 bits per heavy atom. The van der Waals surface area contributed by atoms with Crippen molar-refractivity contribution in [3.8, 4) is 0 Å². The van der Waals surface area contributed by atoms with Gasteiger partial charge in [-0.15, -0.1) is 11.3 Å². The van der Waals surface area contributed by atoms with Crippen molar-refractivity contribution in [1.82, 2.24) is 5.32 Å². The molecule has 1 aromatic heterocycles. The summed E-state index contributed by atoms with van der Waals surface area (Å²) in [4.78, 5) is 1.10. The largest absolute Gasteiger partial charge is 0.306 e. The molecule has 1 atom stereocenters. The van der Waals surface area contributed by atoms with Crippen molar-refractivity contribution in [2.24, 2.45) is 0 Å². The summed E-state index contributed by atoms with van der Waals surface area (Å²) in [7, 11) is 0. The minimum atomic E-state index is -0.267. The molecule has 0 fully saturated rings. The van der Waals surface area contributed by atoms with Crippen LogP contribution in [0.4, 0.5) is 4.39 Å². The molecule has 1 aromatic carbocycles. The van der Waals surface area contributed by atoms with Gasteiger partial charge in [0.2, 0.25) is 0 Å². The van der Waals surface area contributed by atoms with Gasteiger partial charge in [-0.3, -0.25) is 0 Å². The Labute approximate surface area is 109 Å². The summed E-state index contributed by atoms with van der Waals surface area (Å²) < 4.78 is 13.9. The SMILES string of the molecule is CCNC(c1cccs1)c1ccc(Cl)cc1F. The highest BCUT2D eigenvalue weighted by molar-refractivity contribution is 7.10. The second-order valence-corrected chi connectivity index (χ2v) is 5.09. The van der Waals surface area contributed by atoms with Crippen molar-refractivity contribution < 1.29 is 4.39 Å². The molecule has 0 aliphatic rings. The predicted molar refractivity (Wildman–Crippen MR) is 71.2 cm³/mol. The zero-order valence-electron chi connectivity index (χ0n) is 9.41. The first kappa shape index (κ1) is 12.6. The molecule has 0 bridgehead atoms. The Bertz CT molecular complexity index is 484. The number of hydrogen-bond donors (Lipinski definition) is 1. The van der Waals surface area contributed by atoms with Crippen LogP contribution in [0.1, 0.15) is 23.4 Å². The third-order valence-electron chi connectivity index (χ3n) is 2.51. The Balaban J connectivity index is 2.39. The maximum atomic E-state index is 13.9. The quantitative estimate of drug-likeness (QED) is 0.875. The monoisotopic (exact) mass is 269 g/mol. The predicted octanol–water partition coefficient (Wildman–Crippen LogP) is 4.24. The van der Waals surface area contributed by atoms with Crippen molar-refractivity contribution >= 4 is 22.9 Å². The fourth-order valence-corrected chi connectivity index (χ4v) is 2.74. The zero-order valence-corrected chi connectivity index (χ0v) is 11.0. The molecule has 0 aliphatic carbocycles. The van der Waals surface area contributed by atoms with E-state index in [1.165, 1.54) is 6.07 Å². The topological polar surface area (TPSA) is 12.0 Å². The fourth-order valence-electron chi connectivity index (χ4n) is 1.76. The third-order valence-corrected chi connectivity index (χ3v) is 3.68. The number of thiophene rings is 1. The lowest BCUT2D eigenvalue weighted by molar-refractivity contribution is 0.563. The average molecular weight is 270 g/mol. The van der Waals surface area contributed by atoms with Crippen LogP contribution in [0.2, 0.25) is 5.02 Å². The van der Waals surface area contributed by atoms with Crippen molar-refractivity contribution in [2.75, 3.05) is 6.54 Å². The second kappa shape index (κ2) is 5.63. The van der Waals surface area contributed by atoms with Crippen LogP contribution in [-0.4, -0.2) is 6.54 Å². The molecule has 4 heteroatoms. The first-order valence-electron chi connectivity index (χ1n) is 5.44. The molecule has 2 rings (SSSR count). The van der Waals surface area contributed by atoms with Crippen molar-refractivity contribution in [3.05, 3.63) is 57.0 Å². The molecule has 0 saturated carbocycles. The molecule has 0 radical (unpaired) electrons. The fraction of sp³-hybridized carbons (Fsp3) is 0.231. The lowest BCUT2D eigenvalue weighted by atomic mass is 10.0.